The maximum atomic E-state index is 13.0. The smallest absolute Gasteiger partial charge is 0.230 e. The molecule has 5 heteroatoms. The molecule has 0 saturated carbocycles. The number of amides is 2. The number of nitrogens with zero attached hydrogens (tertiary/aromatic N) is 1. The van der Waals surface area contributed by atoms with Gasteiger partial charge in [0.1, 0.15) is 0 Å². The maximum absolute atomic E-state index is 13.0. The van der Waals surface area contributed by atoms with E-state index in [-0.39, 0.29) is 30.1 Å². The molecule has 1 aliphatic rings. The van der Waals surface area contributed by atoms with Gasteiger partial charge in [0.05, 0.1) is 5.92 Å². The van der Waals surface area contributed by atoms with Crippen molar-refractivity contribution in [2.45, 2.75) is 26.2 Å². The molecule has 0 unspecified atom stereocenters. The van der Waals surface area contributed by atoms with Gasteiger partial charge in [0.15, 0.2) is 0 Å². The molecule has 26 heavy (non-hydrogen) atoms. The van der Waals surface area contributed by atoms with Crippen LogP contribution >= 0.6 is 15.9 Å². The second-order valence-corrected chi connectivity index (χ2v) is 7.61. The van der Waals surface area contributed by atoms with E-state index in [0.717, 1.165) is 28.7 Å². The highest BCUT2D eigenvalue weighted by molar-refractivity contribution is 9.10. The zero-order valence-electron chi connectivity index (χ0n) is 14.8. The molecule has 3 rings (SSSR count). The summed E-state index contributed by atoms with van der Waals surface area (Å²) in [5.41, 5.74) is 1.66. The van der Waals surface area contributed by atoms with Gasteiger partial charge in [-0.1, -0.05) is 47.5 Å². The number of hydrogen-bond acceptors (Lipinski definition) is 2. The number of nitrogens with one attached hydrogen (secondary N) is 1. The van der Waals surface area contributed by atoms with Crippen LogP contribution in [0.3, 0.4) is 0 Å². The van der Waals surface area contributed by atoms with Crippen molar-refractivity contribution >= 4 is 39.1 Å². The van der Waals surface area contributed by atoms with Gasteiger partial charge in [0, 0.05) is 28.8 Å². The molecular formula is C21H23BrN2O2. The van der Waals surface area contributed by atoms with Gasteiger partial charge >= 0.3 is 0 Å². The average Bonchev–Trinajstić information content (AvgIpc) is 2.93. The monoisotopic (exact) mass is 414 g/mol. The molecular weight excluding hydrogens is 392 g/mol. The summed E-state index contributed by atoms with van der Waals surface area (Å²) < 4.78 is 0.983. The lowest BCUT2D eigenvalue weighted by atomic mass is 9.88. The van der Waals surface area contributed by atoms with Gasteiger partial charge in [0.2, 0.25) is 11.8 Å². The van der Waals surface area contributed by atoms with Crippen molar-refractivity contribution in [2.75, 3.05) is 16.8 Å². The van der Waals surface area contributed by atoms with Crippen molar-refractivity contribution in [2.24, 2.45) is 11.8 Å². The zero-order valence-corrected chi connectivity index (χ0v) is 16.4. The van der Waals surface area contributed by atoms with Crippen LogP contribution in [-0.2, 0) is 9.59 Å². The van der Waals surface area contributed by atoms with Gasteiger partial charge in [-0.25, -0.2) is 0 Å². The van der Waals surface area contributed by atoms with Crippen LogP contribution in [0.4, 0.5) is 11.4 Å². The quantitative estimate of drug-likeness (QED) is 0.733. The molecule has 0 spiro atoms. The van der Waals surface area contributed by atoms with Crippen molar-refractivity contribution in [3.63, 3.8) is 0 Å². The summed E-state index contributed by atoms with van der Waals surface area (Å²) in [5, 5.41) is 2.90. The van der Waals surface area contributed by atoms with Gasteiger partial charge in [-0.05, 0) is 48.7 Å². The van der Waals surface area contributed by atoms with E-state index in [1.165, 1.54) is 0 Å². The highest BCUT2D eigenvalue weighted by Gasteiger charge is 2.41. The second-order valence-electron chi connectivity index (χ2n) is 6.70. The third-order valence-corrected chi connectivity index (χ3v) is 5.36. The minimum Gasteiger partial charge on any atom is -0.326 e. The molecule has 2 aromatic carbocycles. The lowest BCUT2D eigenvalue weighted by molar-refractivity contribution is -0.125. The second kappa shape index (κ2) is 8.49. The third kappa shape index (κ3) is 4.33. The van der Waals surface area contributed by atoms with Crippen LogP contribution < -0.4 is 10.2 Å². The van der Waals surface area contributed by atoms with Gasteiger partial charge in [-0.15, -0.1) is 0 Å². The van der Waals surface area contributed by atoms with Crippen LogP contribution in [0, 0.1) is 11.8 Å². The summed E-state index contributed by atoms with van der Waals surface area (Å²) in [6, 6.07) is 17.1. The first kappa shape index (κ1) is 18.6. The Bertz CT molecular complexity index is 761. The third-order valence-electron chi connectivity index (χ3n) is 4.83. The maximum Gasteiger partial charge on any atom is 0.230 e. The van der Waals surface area contributed by atoms with Crippen LogP contribution in [0.25, 0.3) is 0 Å². The summed E-state index contributed by atoms with van der Waals surface area (Å²) in [6.07, 6.45) is 2.18. The molecule has 2 amide bonds. The van der Waals surface area contributed by atoms with Crippen LogP contribution in [0.2, 0.25) is 0 Å². The summed E-state index contributed by atoms with van der Waals surface area (Å²) in [7, 11) is 0. The molecule has 2 aromatic rings. The van der Waals surface area contributed by atoms with E-state index in [1.54, 1.807) is 0 Å². The van der Waals surface area contributed by atoms with E-state index in [4.69, 9.17) is 0 Å². The van der Waals surface area contributed by atoms with Gasteiger partial charge in [-0.3, -0.25) is 9.59 Å². The molecule has 0 bridgehead atoms. The van der Waals surface area contributed by atoms with Crippen LogP contribution in [0.15, 0.2) is 59.1 Å². The molecule has 1 fully saturated rings. The Morgan fingerprint density at radius 3 is 2.50 bits per heavy atom. The molecule has 1 saturated heterocycles. The lowest BCUT2D eigenvalue weighted by Gasteiger charge is -2.17. The largest absolute Gasteiger partial charge is 0.326 e. The predicted molar refractivity (Wildman–Crippen MR) is 108 cm³/mol. The first-order valence-corrected chi connectivity index (χ1v) is 9.79. The van der Waals surface area contributed by atoms with E-state index >= 15 is 0 Å². The Kier molecular flexibility index (Phi) is 6.09. The highest BCUT2D eigenvalue weighted by atomic mass is 79.9. The number of para-hydroxylation sites is 1. The number of rotatable bonds is 6. The predicted octanol–water partition coefficient (Wildman–Crippen LogP) is 4.86. The fourth-order valence-corrected chi connectivity index (χ4v) is 3.82. The van der Waals surface area contributed by atoms with Gasteiger partial charge < -0.3 is 10.2 Å². The number of carbonyl (C=O) groups is 2. The number of halogens is 1. The lowest BCUT2D eigenvalue weighted by Crippen LogP contribution is -2.29. The van der Waals surface area contributed by atoms with Crippen molar-refractivity contribution in [3.05, 3.63) is 59.1 Å². The fourth-order valence-electron chi connectivity index (χ4n) is 3.56. The van der Waals surface area contributed by atoms with E-state index < -0.39 is 0 Å². The Labute approximate surface area is 162 Å². The molecule has 0 aromatic heterocycles. The Balaban J connectivity index is 1.72. The molecule has 1 N–H and O–H groups in total. The van der Waals surface area contributed by atoms with E-state index in [1.807, 2.05) is 59.5 Å². The van der Waals surface area contributed by atoms with Crippen molar-refractivity contribution in [1.82, 2.24) is 0 Å². The first-order valence-electron chi connectivity index (χ1n) is 9.00. The van der Waals surface area contributed by atoms with E-state index in [0.29, 0.717) is 6.54 Å². The number of hydrogen-bond donors (Lipinski definition) is 1. The van der Waals surface area contributed by atoms with Gasteiger partial charge in [0.25, 0.3) is 0 Å². The molecule has 1 aliphatic heterocycles. The topological polar surface area (TPSA) is 49.4 Å². The Morgan fingerprint density at radius 2 is 1.85 bits per heavy atom. The van der Waals surface area contributed by atoms with Gasteiger partial charge in [-0.2, -0.15) is 0 Å². The minimum absolute atomic E-state index is 0.0500. The summed E-state index contributed by atoms with van der Waals surface area (Å²) in [6.45, 7) is 2.80. The number of anilines is 2. The molecule has 2 atom stereocenters. The van der Waals surface area contributed by atoms with Crippen LogP contribution in [0.5, 0.6) is 0 Å². The number of carbonyl (C=O) groups excluding carboxylic acids is 2. The van der Waals surface area contributed by atoms with Crippen molar-refractivity contribution in [3.8, 4) is 0 Å². The average molecular weight is 415 g/mol. The summed E-state index contributed by atoms with van der Waals surface area (Å²) in [5.74, 6) is -0.109. The van der Waals surface area contributed by atoms with E-state index in [2.05, 4.69) is 28.2 Å². The molecule has 0 aliphatic carbocycles. The first-order chi connectivity index (χ1) is 12.6. The minimum atomic E-state index is -0.262. The standard InChI is InChI=1S/C21H23BrN2O2/c1-2-6-15-14-24(18-11-9-16(22)10-12-18)21(26)19(15)13-20(25)23-17-7-4-3-5-8-17/h3-5,7-12,15,19H,2,6,13-14H2,1H3,(H,23,25)/t15-,19+/m0/s1. The zero-order chi connectivity index (χ0) is 18.5. The summed E-state index contributed by atoms with van der Waals surface area (Å²) in [4.78, 5) is 27.3. The molecule has 0 radical (unpaired) electrons. The highest BCUT2D eigenvalue weighted by Crippen LogP contribution is 2.35. The van der Waals surface area contributed by atoms with Crippen LogP contribution in [-0.4, -0.2) is 18.4 Å². The SMILES string of the molecule is CCC[C@H]1CN(c2ccc(Br)cc2)C(=O)[C@@H]1CC(=O)Nc1ccccc1. The molecule has 1 heterocycles. The van der Waals surface area contributed by atoms with Crippen molar-refractivity contribution in [1.29, 1.82) is 0 Å². The van der Waals surface area contributed by atoms with E-state index in [9.17, 15) is 9.59 Å². The fraction of sp³-hybridized carbons (Fsp3) is 0.333. The number of benzene rings is 2. The Hall–Kier alpha value is -2.14. The Morgan fingerprint density at radius 1 is 1.15 bits per heavy atom. The molecule has 4 nitrogen and oxygen atoms in total. The normalized spacial score (nSPS) is 19.6. The molecule has 136 valence electrons. The van der Waals surface area contributed by atoms with Crippen molar-refractivity contribution < 1.29 is 9.59 Å². The summed E-state index contributed by atoms with van der Waals surface area (Å²) >= 11 is 3.43. The van der Waals surface area contributed by atoms with Crippen LogP contribution in [0.1, 0.15) is 26.2 Å².